The first kappa shape index (κ1) is 39.3. The Labute approximate surface area is 334 Å². The maximum Gasteiger partial charge on any atom is 0.407 e. The number of imidazole rings is 2. The number of carbonyl (C=O) groups excluding carboxylic acids is 4. The van der Waals surface area contributed by atoms with E-state index in [2.05, 4.69) is 74.1 Å². The molecule has 16 heteroatoms. The van der Waals surface area contributed by atoms with Crippen LogP contribution in [0.25, 0.3) is 33.6 Å². The molecule has 14 nitrogen and oxygen atoms in total. The summed E-state index contributed by atoms with van der Waals surface area (Å²) in [6, 6.07) is 14.7. The summed E-state index contributed by atoms with van der Waals surface area (Å²) in [7, 11) is 2.57. The van der Waals surface area contributed by atoms with Gasteiger partial charge >= 0.3 is 12.2 Å². The lowest BCUT2D eigenvalue weighted by Gasteiger charge is -2.30. The van der Waals surface area contributed by atoms with Gasteiger partial charge in [-0.2, -0.15) is 0 Å². The van der Waals surface area contributed by atoms with Gasteiger partial charge in [-0.15, -0.1) is 23.5 Å². The number of benzene rings is 2. The molecule has 4 N–H and O–H groups in total. The molecule has 296 valence electrons. The summed E-state index contributed by atoms with van der Waals surface area (Å²) in [6.45, 7) is 6.66. The van der Waals surface area contributed by atoms with Crippen LogP contribution in [-0.2, 0) is 19.1 Å². The predicted octanol–water partition coefficient (Wildman–Crippen LogP) is 6.37. The van der Waals surface area contributed by atoms with Crippen LogP contribution in [-0.4, -0.2) is 109 Å². The second kappa shape index (κ2) is 16.6. The molecule has 4 aromatic rings. The highest BCUT2D eigenvalue weighted by Gasteiger charge is 2.51. The van der Waals surface area contributed by atoms with E-state index in [1.54, 1.807) is 13.1 Å². The number of nitrogens with zero attached hydrogens (tertiary/aromatic N) is 4. The number of H-pyrrole nitrogens is 2. The first-order valence-electron chi connectivity index (χ1n) is 18.9. The van der Waals surface area contributed by atoms with Crippen molar-refractivity contribution in [2.24, 2.45) is 5.92 Å². The van der Waals surface area contributed by atoms with E-state index in [4.69, 9.17) is 14.5 Å². The molecule has 7 rings (SSSR count). The third-order valence-corrected chi connectivity index (χ3v) is 14.2. The highest BCUT2D eigenvalue weighted by molar-refractivity contribution is 8.21. The number of methoxy groups -OCH3 is 2. The molecule has 4 atom stereocenters. The molecule has 3 fully saturated rings. The van der Waals surface area contributed by atoms with Crippen molar-refractivity contribution < 1.29 is 28.7 Å². The number of alkyl carbamates (subject to hydrolysis) is 2. The van der Waals surface area contributed by atoms with Crippen LogP contribution in [0.2, 0.25) is 0 Å². The van der Waals surface area contributed by atoms with Gasteiger partial charge in [-0.05, 0) is 47.9 Å². The number of aromatic amines is 2. The molecule has 1 spiro atoms. The summed E-state index contributed by atoms with van der Waals surface area (Å²) in [5.74, 6) is 3.13. The van der Waals surface area contributed by atoms with Crippen LogP contribution < -0.4 is 10.6 Å². The molecule has 4 amide bonds. The number of rotatable bonds is 10. The molecule has 3 saturated heterocycles. The highest BCUT2D eigenvalue weighted by atomic mass is 32.2. The van der Waals surface area contributed by atoms with Gasteiger partial charge in [-0.3, -0.25) is 9.59 Å². The van der Waals surface area contributed by atoms with E-state index in [0.717, 1.165) is 76.1 Å². The normalized spacial score (nSPS) is 20.0. The van der Waals surface area contributed by atoms with E-state index < -0.39 is 24.3 Å². The molecule has 56 heavy (non-hydrogen) atoms. The number of likely N-dealkylation sites (tertiary alicyclic amines) is 2. The van der Waals surface area contributed by atoms with Crippen molar-refractivity contribution in [1.82, 2.24) is 40.4 Å². The summed E-state index contributed by atoms with van der Waals surface area (Å²) in [6.07, 6.45) is 4.76. The molecule has 3 aliphatic heterocycles. The highest BCUT2D eigenvalue weighted by Crippen LogP contribution is 2.55. The number of nitrogens with one attached hydrogen (secondary N) is 4. The number of hydrogen-bond donors (Lipinski definition) is 4. The van der Waals surface area contributed by atoms with E-state index in [1.165, 1.54) is 14.2 Å². The smallest absolute Gasteiger partial charge is 0.407 e. The lowest BCUT2D eigenvalue weighted by Crippen LogP contribution is -2.51. The fraction of sp³-hybridized carbons (Fsp3) is 0.450. The molecule has 5 heterocycles. The minimum Gasteiger partial charge on any atom is -0.453 e. The second-order valence-electron chi connectivity index (χ2n) is 14.7. The first-order chi connectivity index (χ1) is 27.0. The Balaban J connectivity index is 1.02. The van der Waals surface area contributed by atoms with E-state index in [0.29, 0.717) is 13.1 Å². The van der Waals surface area contributed by atoms with Crippen molar-refractivity contribution in [2.75, 3.05) is 38.8 Å². The van der Waals surface area contributed by atoms with Crippen molar-refractivity contribution in [1.29, 1.82) is 0 Å². The van der Waals surface area contributed by atoms with Crippen molar-refractivity contribution in [2.45, 2.75) is 68.3 Å². The fourth-order valence-corrected chi connectivity index (χ4v) is 11.0. The van der Waals surface area contributed by atoms with Gasteiger partial charge in [0.25, 0.3) is 0 Å². The molecule has 2 aromatic carbocycles. The number of carbonyl (C=O) groups is 4. The van der Waals surface area contributed by atoms with Crippen LogP contribution in [0.4, 0.5) is 9.59 Å². The van der Waals surface area contributed by atoms with E-state index in [-0.39, 0.29) is 33.9 Å². The van der Waals surface area contributed by atoms with Crippen molar-refractivity contribution in [3.63, 3.8) is 0 Å². The monoisotopic (exact) mass is 800 g/mol. The van der Waals surface area contributed by atoms with Crippen LogP contribution >= 0.6 is 23.5 Å². The van der Waals surface area contributed by atoms with Gasteiger partial charge in [0.2, 0.25) is 11.8 Å². The topological polar surface area (TPSA) is 175 Å². The average molecular weight is 801 g/mol. The third kappa shape index (κ3) is 8.12. The summed E-state index contributed by atoms with van der Waals surface area (Å²) in [5.41, 5.74) is 5.79. The van der Waals surface area contributed by atoms with Gasteiger partial charge in [0.05, 0.1) is 54.2 Å². The zero-order valence-electron chi connectivity index (χ0n) is 32.2. The van der Waals surface area contributed by atoms with E-state index in [9.17, 15) is 19.2 Å². The minimum absolute atomic E-state index is 0.0876. The molecule has 3 aliphatic rings. The zero-order chi connectivity index (χ0) is 39.6. The Bertz CT molecular complexity index is 2050. The Hall–Kier alpha value is -4.96. The van der Waals surface area contributed by atoms with Gasteiger partial charge in [0.1, 0.15) is 23.7 Å². The Kier molecular flexibility index (Phi) is 11.7. The van der Waals surface area contributed by atoms with E-state index in [1.807, 2.05) is 53.4 Å². The lowest BCUT2D eigenvalue weighted by atomic mass is 10.0. The molecule has 2 aromatic heterocycles. The Morgan fingerprint density at radius 1 is 0.750 bits per heavy atom. The Morgan fingerprint density at radius 3 is 1.80 bits per heavy atom. The summed E-state index contributed by atoms with van der Waals surface area (Å²) in [5, 5.41) is 5.32. The van der Waals surface area contributed by atoms with Crippen LogP contribution in [0.5, 0.6) is 0 Å². The van der Waals surface area contributed by atoms with Crippen molar-refractivity contribution in [3.8, 4) is 33.6 Å². The summed E-state index contributed by atoms with van der Waals surface area (Å²) in [4.78, 5) is 71.0. The van der Waals surface area contributed by atoms with Crippen LogP contribution in [0.15, 0.2) is 60.9 Å². The number of ether oxygens (including phenoxy) is 2. The number of aromatic nitrogens is 4. The minimum atomic E-state index is -0.730. The SMILES string of the molecule is COC(=O)N[C@@H](C)C(=O)N1CC2(C[C@H]1c1ncc(-c3ccc(-c4ccc(-c5cnc(C6CCCN6C(=O)[C@@H](NC(=O)OC)C(C)C)[nH]5)cc4)cc3)[nH]1)SCCS2. The fourth-order valence-electron chi connectivity index (χ4n) is 7.75. The van der Waals surface area contributed by atoms with Gasteiger partial charge in [-0.25, -0.2) is 19.6 Å². The quantitative estimate of drug-likeness (QED) is 0.141. The van der Waals surface area contributed by atoms with Crippen molar-refractivity contribution >= 4 is 47.5 Å². The lowest BCUT2D eigenvalue weighted by molar-refractivity contribution is -0.135. The van der Waals surface area contributed by atoms with Crippen LogP contribution in [0, 0.1) is 5.92 Å². The van der Waals surface area contributed by atoms with Gasteiger partial charge in [-0.1, -0.05) is 62.4 Å². The molecule has 1 unspecified atom stereocenters. The number of amides is 4. The maximum absolute atomic E-state index is 13.6. The van der Waals surface area contributed by atoms with Crippen molar-refractivity contribution in [3.05, 3.63) is 72.6 Å². The first-order valence-corrected chi connectivity index (χ1v) is 20.8. The molecule has 0 radical (unpaired) electrons. The molecule has 0 saturated carbocycles. The second-order valence-corrected chi connectivity index (χ2v) is 17.9. The van der Waals surface area contributed by atoms with Crippen LogP contribution in [0.1, 0.15) is 63.8 Å². The van der Waals surface area contributed by atoms with Gasteiger partial charge in [0, 0.05) is 31.0 Å². The molecule has 0 bridgehead atoms. The van der Waals surface area contributed by atoms with E-state index >= 15 is 0 Å². The van der Waals surface area contributed by atoms with Gasteiger partial charge < -0.3 is 39.9 Å². The molecular weight excluding hydrogens is 753 g/mol. The number of hydrogen-bond acceptors (Lipinski definition) is 10. The Morgan fingerprint density at radius 2 is 1.27 bits per heavy atom. The average Bonchev–Trinajstić information content (AvgIpc) is 4.07. The maximum atomic E-state index is 13.6. The van der Waals surface area contributed by atoms with Gasteiger partial charge in [0.15, 0.2) is 0 Å². The molecular formula is C40H48N8O6S2. The zero-order valence-corrected chi connectivity index (χ0v) is 33.8. The summed E-state index contributed by atoms with van der Waals surface area (Å²) < 4.78 is 9.39. The third-order valence-electron chi connectivity index (χ3n) is 10.8. The number of thioether (sulfide) groups is 2. The predicted molar refractivity (Wildman–Crippen MR) is 217 cm³/mol. The molecule has 0 aliphatic carbocycles. The van der Waals surface area contributed by atoms with Crippen LogP contribution in [0.3, 0.4) is 0 Å². The summed E-state index contributed by atoms with van der Waals surface area (Å²) >= 11 is 3.80. The standard InChI is InChI=1S/C40H48N8O6S2/c1-23(2)33(46-39(52)54-5)37(50)47-16-6-7-31(47)34-41-20-29(44-34)27-12-8-25(9-13-27)26-10-14-28(15-11-26)30-21-42-35(45-30)32-19-40(55-17-18-56-40)22-48(32)36(49)24(3)43-38(51)53-4/h8-15,20-21,23-24,31-33H,6-7,16-19,22H2,1-5H3,(H,41,44)(H,42,45)(H,43,51)(H,46,52)/t24-,31?,32-,33-/m0/s1. The largest absolute Gasteiger partial charge is 0.453 e.